The number of carbonyl (C=O) groups excluding carboxylic acids is 1. The van der Waals surface area contributed by atoms with Crippen LogP contribution >= 0.6 is 11.6 Å². The van der Waals surface area contributed by atoms with Gasteiger partial charge in [0.25, 0.3) is 0 Å². The second kappa shape index (κ2) is 7.23. The predicted molar refractivity (Wildman–Crippen MR) is 87.7 cm³/mol. The molecule has 7 nitrogen and oxygen atoms in total. The zero-order chi connectivity index (χ0) is 17.0. The van der Waals surface area contributed by atoms with Crippen molar-refractivity contribution in [1.29, 1.82) is 0 Å². The first-order chi connectivity index (χ1) is 11.0. The number of anilines is 1. The number of carbonyl (C=O) groups is 1. The van der Waals surface area contributed by atoms with Crippen molar-refractivity contribution in [1.82, 2.24) is 9.55 Å². The van der Waals surface area contributed by atoms with E-state index in [2.05, 4.69) is 10.3 Å². The Balaban J connectivity index is 2.19. The Morgan fingerprint density at radius 3 is 2.70 bits per heavy atom. The molecule has 8 heteroatoms. The predicted octanol–water partition coefficient (Wildman–Crippen LogP) is 3.21. The lowest BCUT2D eigenvalue weighted by Crippen LogP contribution is -2.20. The SMILES string of the molecule is CCc1ccc(Cl)c(CC)c1NC(=O)Cn1cnc([N+](=O)[O-])c1. The Hall–Kier alpha value is -2.41. The average molecular weight is 337 g/mol. The number of aromatic nitrogens is 2. The molecule has 2 aromatic rings. The van der Waals surface area contributed by atoms with E-state index >= 15 is 0 Å². The number of hydrogen-bond donors (Lipinski definition) is 1. The van der Waals surface area contributed by atoms with Gasteiger partial charge in [0.2, 0.25) is 12.2 Å². The number of nitrogens with zero attached hydrogens (tertiary/aromatic N) is 3. The smallest absolute Gasteiger partial charge is 0.358 e. The molecular formula is C15H17ClN4O3. The zero-order valence-electron chi connectivity index (χ0n) is 12.9. The van der Waals surface area contributed by atoms with Crippen LogP contribution in [0, 0.1) is 10.1 Å². The minimum atomic E-state index is -0.601. The molecule has 0 saturated heterocycles. The lowest BCUT2D eigenvalue weighted by atomic mass is 10.0. The summed E-state index contributed by atoms with van der Waals surface area (Å²) >= 11 is 6.20. The van der Waals surface area contributed by atoms with Crippen molar-refractivity contribution in [2.24, 2.45) is 0 Å². The standard InChI is InChI=1S/C15H17ClN4O3/c1-3-10-5-6-12(16)11(4-2)15(10)18-14(21)8-19-7-13(17-9-19)20(22)23/h5-7,9H,3-4,8H2,1-2H3,(H,18,21). The average Bonchev–Trinajstić information content (AvgIpc) is 2.96. The van der Waals surface area contributed by atoms with Gasteiger partial charge in [-0.15, -0.1) is 0 Å². The molecule has 0 aliphatic carbocycles. The third-order valence-electron chi connectivity index (χ3n) is 3.47. The maximum absolute atomic E-state index is 12.2. The summed E-state index contributed by atoms with van der Waals surface area (Å²) in [7, 11) is 0. The van der Waals surface area contributed by atoms with Crippen molar-refractivity contribution in [3.63, 3.8) is 0 Å². The Labute approximate surface area is 138 Å². The van der Waals surface area contributed by atoms with Crippen molar-refractivity contribution < 1.29 is 9.72 Å². The van der Waals surface area contributed by atoms with Crippen LogP contribution in [0.15, 0.2) is 24.7 Å². The second-order valence-corrected chi connectivity index (χ2v) is 5.38. The molecule has 1 amide bonds. The molecule has 0 radical (unpaired) electrons. The van der Waals surface area contributed by atoms with E-state index in [1.165, 1.54) is 17.1 Å². The number of aryl methyl sites for hydroxylation is 1. The van der Waals surface area contributed by atoms with Crippen LogP contribution in [-0.2, 0) is 24.2 Å². The van der Waals surface area contributed by atoms with Gasteiger partial charge in [-0.05, 0) is 39.9 Å². The minimum Gasteiger partial charge on any atom is -0.358 e. The van der Waals surface area contributed by atoms with Gasteiger partial charge in [-0.25, -0.2) is 0 Å². The molecule has 1 heterocycles. The molecule has 0 saturated carbocycles. The van der Waals surface area contributed by atoms with Crippen LogP contribution < -0.4 is 5.32 Å². The molecule has 0 unspecified atom stereocenters. The fourth-order valence-corrected chi connectivity index (χ4v) is 2.63. The third kappa shape index (κ3) is 3.87. The van der Waals surface area contributed by atoms with Crippen molar-refractivity contribution >= 4 is 29.0 Å². The molecule has 0 aliphatic rings. The quantitative estimate of drug-likeness (QED) is 0.647. The van der Waals surface area contributed by atoms with E-state index in [9.17, 15) is 14.9 Å². The first-order valence-electron chi connectivity index (χ1n) is 7.22. The molecule has 0 bridgehead atoms. The second-order valence-electron chi connectivity index (χ2n) is 4.98. The van der Waals surface area contributed by atoms with Crippen LogP contribution in [0.2, 0.25) is 5.02 Å². The number of rotatable bonds is 6. The number of nitrogens with one attached hydrogen (secondary N) is 1. The van der Waals surface area contributed by atoms with E-state index in [4.69, 9.17) is 11.6 Å². The molecule has 0 fully saturated rings. The summed E-state index contributed by atoms with van der Waals surface area (Å²) in [5.41, 5.74) is 2.61. The normalized spacial score (nSPS) is 10.6. The molecule has 0 aliphatic heterocycles. The van der Waals surface area contributed by atoms with Gasteiger partial charge in [0.05, 0.1) is 0 Å². The first kappa shape index (κ1) is 17.0. The van der Waals surface area contributed by atoms with Crippen LogP contribution in [0.25, 0.3) is 0 Å². The molecular weight excluding hydrogens is 320 g/mol. The summed E-state index contributed by atoms with van der Waals surface area (Å²) < 4.78 is 1.37. The highest BCUT2D eigenvalue weighted by Crippen LogP contribution is 2.29. The number of imidazole rings is 1. The van der Waals surface area contributed by atoms with Gasteiger partial charge in [-0.2, -0.15) is 0 Å². The van der Waals surface area contributed by atoms with Gasteiger partial charge in [0.1, 0.15) is 12.7 Å². The third-order valence-corrected chi connectivity index (χ3v) is 3.83. The molecule has 1 N–H and O–H groups in total. The van der Waals surface area contributed by atoms with Crippen molar-refractivity contribution in [3.05, 3.63) is 50.9 Å². The lowest BCUT2D eigenvalue weighted by molar-refractivity contribution is -0.389. The molecule has 1 aromatic heterocycles. The summed E-state index contributed by atoms with van der Waals surface area (Å²) in [6.07, 6.45) is 3.94. The zero-order valence-corrected chi connectivity index (χ0v) is 13.6. The van der Waals surface area contributed by atoms with Gasteiger partial charge >= 0.3 is 5.82 Å². The molecule has 1 aromatic carbocycles. The Bertz CT molecular complexity index is 742. The minimum absolute atomic E-state index is 0.0559. The first-order valence-corrected chi connectivity index (χ1v) is 7.60. The monoisotopic (exact) mass is 336 g/mol. The van der Waals surface area contributed by atoms with Gasteiger partial charge in [-0.1, -0.05) is 31.5 Å². The Morgan fingerprint density at radius 2 is 2.13 bits per heavy atom. The van der Waals surface area contributed by atoms with Crippen molar-refractivity contribution in [2.75, 3.05) is 5.32 Å². The lowest BCUT2D eigenvalue weighted by Gasteiger charge is -2.16. The summed E-state index contributed by atoms with van der Waals surface area (Å²) in [4.78, 5) is 25.9. The number of nitro groups is 1. The van der Waals surface area contributed by atoms with Crippen LogP contribution in [0.3, 0.4) is 0 Å². The largest absolute Gasteiger partial charge is 0.381 e. The summed E-state index contributed by atoms with van der Waals surface area (Å²) in [6.45, 7) is 3.91. The fraction of sp³-hybridized carbons (Fsp3) is 0.333. The van der Waals surface area contributed by atoms with Crippen LogP contribution in [0.5, 0.6) is 0 Å². The number of benzene rings is 1. The maximum atomic E-state index is 12.2. The fourth-order valence-electron chi connectivity index (χ4n) is 2.34. The highest BCUT2D eigenvalue weighted by Gasteiger charge is 2.15. The van der Waals surface area contributed by atoms with E-state index in [0.717, 1.165) is 23.2 Å². The van der Waals surface area contributed by atoms with E-state index in [-0.39, 0.29) is 18.3 Å². The number of halogens is 1. The van der Waals surface area contributed by atoms with Crippen LogP contribution in [0.1, 0.15) is 25.0 Å². The molecule has 0 atom stereocenters. The van der Waals surface area contributed by atoms with E-state index in [1.54, 1.807) is 0 Å². The Kier molecular flexibility index (Phi) is 5.33. The highest BCUT2D eigenvalue weighted by molar-refractivity contribution is 6.32. The van der Waals surface area contributed by atoms with Crippen molar-refractivity contribution in [2.45, 2.75) is 33.2 Å². The molecule has 122 valence electrons. The van der Waals surface area contributed by atoms with Gasteiger partial charge in [0.15, 0.2) is 0 Å². The van der Waals surface area contributed by atoms with E-state index < -0.39 is 4.92 Å². The molecule has 2 rings (SSSR count). The molecule has 0 spiro atoms. The van der Waals surface area contributed by atoms with Crippen molar-refractivity contribution in [3.8, 4) is 0 Å². The van der Waals surface area contributed by atoms with Gasteiger partial charge in [-0.3, -0.25) is 4.79 Å². The maximum Gasteiger partial charge on any atom is 0.381 e. The summed E-state index contributed by atoms with van der Waals surface area (Å²) in [6, 6.07) is 3.72. The van der Waals surface area contributed by atoms with Gasteiger partial charge < -0.3 is 20.0 Å². The number of hydrogen-bond acceptors (Lipinski definition) is 4. The van der Waals surface area contributed by atoms with Crippen LogP contribution in [-0.4, -0.2) is 20.4 Å². The Morgan fingerprint density at radius 1 is 1.39 bits per heavy atom. The summed E-state index contributed by atoms with van der Waals surface area (Å²) in [5, 5.41) is 14.1. The topological polar surface area (TPSA) is 90.1 Å². The van der Waals surface area contributed by atoms with E-state index in [0.29, 0.717) is 11.4 Å². The van der Waals surface area contributed by atoms with E-state index in [1.807, 2.05) is 26.0 Å². The number of amides is 1. The summed E-state index contributed by atoms with van der Waals surface area (Å²) in [5.74, 6) is -0.576. The molecule has 23 heavy (non-hydrogen) atoms. The van der Waals surface area contributed by atoms with Gasteiger partial charge in [0, 0.05) is 10.7 Å². The van der Waals surface area contributed by atoms with Crippen LogP contribution in [0.4, 0.5) is 11.5 Å². The highest BCUT2D eigenvalue weighted by atomic mass is 35.5.